The minimum atomic E-state index is -0.196. The fourth-order valence-electron chi connectivity index (χ4n) is 1.02. The maximum Gasteiger partial charge on any atom is 0.221 e. The standard InChI is InChI=1S/C6H11N2O/c7-6(9)5-2-1-3-8-4-5/h5H,1-4H2,(H2,7,9). The van der Waals surface area contributed by atoms with Gasteiger partial charge in [0, 0.05) is 13.1 Å². The van der Waals surface area contributed by atoms with Crippen molar-refractivity contribution in [3.63, 3.8) is 0 Å². The van der Waals surface area contributed by atoms with E-state index in [0.29, 0.717) is 6.54 Å². The average molecular weight is 127 g/mol. The largest absolute Gasteiger partial charge is 0.369 e. The second-order valence-electron chi connectivity index (χ2n) is 2.37. The summed E-state index contributed by atoms with van der Waals surface area (Å²) in [5, 5.41) is 4.08. The monoisotopic (exact) mass is 127 g/mol. The van der Waals surface area contributed by atoms with Crippen LogP contribution in [0.1, 0.15) is 12.8 Å². The number of amides is 1. The van der Waals surface area contributed by atoms with E-state index in [-0.39, 0.29) is 11.8 Å². The van der Waals surface area contributed by atoms with E-state index in [1.54, 1.807) is 0 Å². The number of piperidine rings is 1. The summed E-state index contributed by atoms with van der Waals surface area (Å²) in [5.74, 6) is -0.169. The zero-order valence-corrected chi connectivity index (χ0v) is 5.34. The number of hydrogen-bond acceptors (Lipinski definition) is 1. The van der Waals surface area contributed by atoms with Crippen molar-refractivity contribution in [1.29, 1.82) is 0 Å². The lowest BCUT2D eigenvalue weighted by Gasteiger charge is -2.17. The summed E-state index contributed by atoms with van der Waals surface area (Å²) in [4.78, 5) is 10.5. The molecule has 0 saturated carbocycles. The van der Waals surface area contributed by atoms with Crippen molar-refractivity contribution in [3.05, 3.63) is 0 Å². The second kappa shape index (κ2) is 2.82. The molecule has 1 amide bonds. The number of hydrogen-bond donors (Lipinski definition) is 1. The number of nitrogens with zero attached hydrogens (tertiary/aromatic N) is 1. The van der Waals surface area contributed by atoms with Crippen LogP contribution in [0.4, 0.5) is 0 Å². The molecule has 3 heteroatoms. The molecule has 1 radical (unpaired) electrons. The van der Waals surface area contributed by atoms with Gasteiger partial charge >= 0.3 is 0 Å². The van der Waals surface area contributed by atoms with Crippen molar-refractivity contribution in [2.24, 2.45) is 11.7 Å². The summed E-state index contributed by atoms with van der Waals surface area (Å²) >= 11 is 0. The predicted octanol–water partition coefficient (Wildman–Crippen LogP) is -0.514. The lowest BCUT2D eigenvalue weighted by atomic mass is 9.99. The minimum Gasteiger partial charge on any atom is -0.369 e. The molecule has 0 aliphatic carbocycles. The van der Waals surface area contributed by atoms with Gasteiger partial charge in [-0.05, 0) is 12.8 Å². The van der Waals surface area contributed by atoms with Gasteiger partial charge in [-0.1, -0.05) is 0 Å². The molecular weight excluding hydrogens is 116 g/mol. The number of rotatable bonds is 1. The fourth-order valence-corrected chi connectivity index (χ4v) is 1.02. The van der Waals surface area contributed by atoms with Crippen LogP contribution in [0, 0.1) is 5.92 Å². The summed E-state index contributed by atoms with van der Waals surface area (Å²) in [6.07, 6.45) is 1.95. The summed E-state index contributed by atoms with van der Waals surface area (Å²) < 4.78 is 0. The summed E-state index contributed by atoms with van der Waals surface area (Å²) in [5.41, 5.74) is 5.07. The zero-order chi connectivity index (χ0) is 6.69. The molecule has 1 saturated heterocycles. The van der Waals surface area contributed by atoms with Gasteiger partial charge in [-0.2, -0.15) is 0 Å². The van der Waals surface area contributed by atoms with Crippen LogP contribution in [0.3, 0.4) is 0 Å². The molecule has 1 unspecified atom stereocenters. The highest BCUT2D eigenvalue weighted by molar-refractivity contribution is 5.76. The Morgan fingerprint density at radius 3 is 2.78 bits per heavy atom. The van der Waals surface area contributed by atoms with Crippen molar-refractivity contribution >= 4 is 5.91 Å². The molecular formula is C6H11N2O. The van der Waals surface area contributed by atoms with Gasteiger partial charge in [0.15, 0.2) is 0 Å². The van der Waals surface area contributed by atoms with E-state index in [1.165, 1.54) is 0 Å². The van der Waals surface area contributed by atoms with E-state index in [0.717, 1.165) is 19.4 Å². The van der Waals surface area contributed by atoms with Crippen LogP contribution in [0.5, 0.6) is 0 Å². The van der Waals surface area contributed by atoms with Crippen LogP contribution >= 0.6 is 0 Å². The Kier molecular flexibility index (Phi) is 2.05. The average Bonchev–Trinajstić information content (AvgIpc) is 1.90. The predicted molar refractivity (Wildman–Crippen MR) is 33.8 cm³/mol. The highest BCUT2D eigenvalue weighted by Crippen LogP contribution is 2.08. The lowest BCUT2D eigenvalue weighted by molar-refractivity contribution is -0.122. The van der Waals surface area contributed by atoms with Crippen LogP contribution in [0.25, 0.3) is 0 Å². The molecule has 0 aromatic carbocycles. The number of nitrogens with two attached hydrogens (primary N) is 1. The SMILES string of the molecule is NC(=O)C1CCC[N]C1. The third kappa shape index (κ3) is 1.68. The van der Waals surface area contributed by atoms with Gasteiger partial charge < -0.3 is 5.73 Å². The van der Waals surface area contributed by atoms with Crippen LogP contribution in [0.15, 0.2) is 0 Å². The van der Waals surface area contributed by atoms with E-state index in [9.17, 15) is 4.79 Å². The first-order chi connectivity index (χ1) is 4.30. The van der Waals surface area contributed by atoms with E-state index in [1.807, 2.05) is 0 Å². The van der Waals surface area contributed by atoms with E-state index < -0.39 is 0 Å². The van der Waals surface area contributed by atoms with Crippen molar-refractivity contribution in [1.82, 2.24) is 5.32 Å². The Hall–Kier alpha value is -0.570. The molecule has 2 N–H and O–H groups in total. The maximum absolute atomic E-state index is 10.5. The van der Waals surface area contributed by atoms with Gasteiger partial charge in [0.05, 0.1) is 5.92 Å². The molecule has 0 aromatic heterocycles. The molecule has 1 heterocycles. The fraction of sp³-hybridized carbons (Fsp3) is 0.833. The summed E-state index contributed by atoms with van der Waals surface area (Å²) in [6.45, 7) is 1.55. The molecule has 1 atom stereocenters. The molecule has 1 aliphatic rings. The minimum absolute atomic E-state index is 0.0266. The third-order valence-corrected chi connectivity index (χ3v) is 1.62. The molecule has 3 nitrogen and oxygen atoms in total. The van der Waals surface area contributed by atoms with Gasteiger partial charge in [0.1, 0.15) is 0 Å². The third-order valence-electron chi connectivity index (χ3n) is 1.62. The van der Waals surface area contributed by atoms with Crippen molar-refractivity contribution in [2.45, 2.75) is 12.8 Å². The van der Waals surface area contributed by atoms with Gasteiger partial charge in [-0.15, -0.1) is 0 Å². The van der Waals surface area contributed by atoms with Gasteiger partial charge in [0.2, 0.25) is 5.91 Å². The van der Waals surface area contributed by atoms with Gasteiger partial charge in [-0.3, -0.25) is 4.79 Å². The Balaban J connectivity index is 2.31. The summed E-state index contributed by atoms with van der Waals surface area (Å²) in [7, 11) is 0. The Labute approximate surface area is 54.6 Å². The summed E-state index contributed by atoms with van der Waals surface area (Å²) in [6, 6.07) is 0. The van der Waals surface area contributed by atoms with E-state index in [4.69, 9.17) is 5.73 Å². The highest BCUT2D eigenvalue weighted by Gasteiger charge is 2.17. The number of carbonyl (C=O) groups is 1. The smallest absolute Gasteiger partial charge is 0.221 e. The molecule has 1 fully saturated rings. The topological polar surface area (TPSA) is 57.2 Å². The van der Waals surface area contributed by atoms with Crippen LogP contribution < -0.4 is 11.1 Å². The van der Waals surface area contributed by atoms with Crippen LogP contribution in [-0.2, 0) is 4.79 Å². The van der Waals surface area contributed by atoms with E-state index >= 15 is 0 Å². The van der Waals surface area contributed by atoms with Crippen molar-refractivity contribution in [3.8, 4) is 0 Å². The first kappa shape index (κ1) is 6.55. The number of carbonyl (C=O) groups excluding carboxylic acids is 1. The molecule has 0 bridgehead atoms. The Bertz CT molecular complexity index is 108. The molecule has 51 valence electrons. The van der Waals surface area contributed by atoms with Crippen molar-refractivity contribution in [2.75, 3.05) is 13.1 Å². The van der Waals surface area contributed by atoms with Gasteiger partial charge in [-0.25, -0.2) is 5.32 Å². The van der Waals surface area contributed by atoms with E-state index in [2.05, 4.69) is 5.32 Å². The van der Waals surface area contributed by atoms with Crippen LogP contribution in [-0.4, -0.2) is 19.0 Å². The zero-order valence-electron chi connectivity index (χ0n) is 5.34. The van der Waals surface area contributed by atoms with Gasteiger partial charge in [0.25, 0.3) is 0 Å². The highest BCUT2D eigenvalue weighted by atomic mass is 16.1. The first-order valence-electron chi connectivity index (χ1n) is 3.23. The molecule has 9 heavy (non-hydrogen) atoms. The van der Waals surface area contributed by atoms with Crippen molar-refractivity contribution < 1.29 is 4.79 Å². The maximum atomic E-state index is 10.5. The molecule has 1 rings (SSSR count). The Morgan fingerprint density at radius 1 is 1.67 bits per heavy atom. The molecule has 0 spiro atoms. The molecule has 0 aromatic rings. The first-order valence-corrected chi connectivity index (χ1v) is 3.23. The normalized spacial score (nSPS) is 27.8. The Morgan fingerprint density at radius 2 is 2.44 bits per heavy atom. The second-order valence-corrected chi connectivity index (χ2v) is 2.37. The number of primary amides is 1. The molecule has 1 aliphatic heterocycles. The van der Waals surface area contributed by atoms with Crippen LogP contribution in [0.2, 0.25) is 0 Å². The lowest BCUT2D eigenvalue weighted by Crippen LogP contribution is -2.34. The quantitative estimate of drug-likeness (QED) is 0.506.